The van der Waals surface area contributed by atoms with Crippen LogP contribution < -0.4 is 5.32 Å². The molecule has 1 aliphatic carbocycles. The number of anilines is 1. The maximum absolute atomic E-state index is 12.7. The molecular formula is C23H27N5O. The second-order valence-electron chi connectivity index (χ2n) is 8.93. The molecule has 1 N–H and O–H groups in total. The molecule has 3 heterocycles. The van der Waals surface area contributed by atoms with Gasteiger partial charge in [0.05, 0.1) is 6.20 Å². The number of carbonyl (C=O) groups excluding carboxylic acids is 1. The zero-order valence-electron chi connectivity index (χ0n) is 17.1. The third kappa shape index (κ3) is 3.53. The Labute approximate surface area is 170 Å². The molecular weight excluding hydrogens is 362 g/mol. The number of aromatic nitrogens is 3. The summed E-state index contributed by atoms with van der Waals surface area (Å²) in [5.74, 6) is 0.873. The largest absolute Gasteiger partial charge is 0.310 e. The highest BCUT2D eigenvalue weighted by atomic mass is 16.2. The van der Waals surface area contributed by atoms with Gasteiger partial charge in [-0.25, -0.2) is 4.98 Å². The molecule has 1 aromatic carbocycles. The fraction of sp³-hybridized carbons (Fsp3) is 0.435. The standard InChI is InChI=1S/C23H27N5O/c1-27-7-5-23(6-8-27)11-19(12-23)22(29)26-21-10-18-9-16(3-4-17(18)13-24-21)20-14-25-28(2)15-20/h3-4,9-10,13-15,19H,5-8,11-12H2,1-2H3,(H,24,26,29). The van der Waals surface area contributed by atoms with Crippen LogP contribution in [0.1, 0.15) is 25.7 Å². The number of aryl methyl sites for hydroxylation is 1. The Bertz CT molecular complexity index is 1060. The quantitative estimate of drug-likeness (QED) is 0.742. The zero-order chi connectivity index (χ0) is 20.0. The smallest absolute Gasteiger partial charge is 0.228 e. The molecule has 1 spiro atoms. The highest BCUT2D eigenvalue weighted by Gasteiger charge is 2.48. The van der Waals surface area contributed by atoms with Gasteiger partial charge in [0.25, 0.3) is 0 Å². The van der Waals surface area contributed by atoms with Gasteiger partial charge in [0.2, 0.25) is 5.91 Å². The van der Waals surface area contributed by atoms with Crippen LogP contribution in [0.4, 0.5) is 5.82 Å². The van der Waals surface area contributed by atoms with E-state index in [4.69, 9.17) is 0 Å². The number of fused-ring (bicyclic) bond motifs is 1. The molecule has 3 aromatic rings. The van der Waals surface area contributed by atoms with Crippen LogP contribution >= 0.6 is 0 Å². The van der Waals surface area contributed by atoms with E-state index in [-0.39, 0.29) is 11.8 Å². The van der Waals surface area contributed by atoms with Gasteiger partial charge < -0.3 is 10.2 Å². The SMILES string of the molecule is CN1CCC2(CC1)CC(C(=O)Nc1cc3cc(-c4cnn(C)c4)ccc3cn1)C2. The van der Waals surface area contributed by atoms with Gasteiger partial charge >= 0.3 is 0 Å². The predicted molar refractivity (Wildman–Crippen MR) is 114 cm³/mol. The maximum atomic E-state index is 12.7. The topological polar surface area (TPSA) is 63.1 Å². The van der Waals surface area contributed by atoms with E-state index >= 15 is 0 Å². The number of benzene rings is 1. The molecule has 29 heavy (non-hydrogen) atoms. The van der Waals surface area contributed by atoms with Crippen molar-refractivity contribution in [2.75, 3.05) is 25.5 Å². The number of nitrogens with zero attached hydrogens (tertiary/aromatic N) is 4. The van der Waals surface area contributed by atoms with Crippen LogP contribution in [-0.4, -0.2) is 45.7 Å². The van der Waals surface area contributed by atoms with Crippen LogP contribution in [0.5, 0.6) is 0 Å². The van der Waals surface area contributed by atoms with Crippen molar-refractivity contribution >= 4 is 22.5 Å². The van der Waals surface area contributed by atoms with E-state index in [9.17, 15) is 4.79 Å². The second-order valence-corrected chi connectivity index (χ2v) is 8.93. The maximum Gasteiger partial charge on any atom is 0.228 e. The average molecular weight is 390 g/mol. The number of likely N-dealkylation sites (tertiary alicyclic amines) is 1. The Morgan fingerprint density at radius 3 is 2.59 bits per heavy atom. The zero-order valence-corrected chi connectivity index (χ0v) is 17.1. The molecule has 1 aliphatic heterocycles. The molecule has 5 rings (SSSR count). The van der Waals surface area contributed by atoms with Gasteiger partial charge in [-0.1, -0.05) is 12.1 Å². The van der Waals surface area contributed by atoms with Crippen molar-refractivity contribution in [2.45, 2.75) is 25.7 Å². The normalized spacial score (nSPS) is 19.4. The molecule has 1 saturated carbocycles. The highest BCUT2D eigenvalue weighted by Crippen LogP contribution is 2.52. The van der Waals surface area contributed by atoms with Crippen molar-refractivity contribution in [3.05, 3.63) is 42.9 Å². The van der Waals surface area contributed by atoms with Gasteiger partial charge in [0.1, 0.15) is 5.82 Å². The number of amides is 1. The van der Waals surface area contributed by atoms with E-state index in [1.54, 1.807) is 4.68 Å². The van der Waals surface area contributed by atoms with E-state index in [0.29, 0.717) is 11.2 Å². The third-order valence-electron chi connectivity index (χ3n) is 6.79. The van der Waals surface area contributed by atoms with Crippen LogP contribution in [0, 0.1) is 11.3 Å². The fourth-order valence-corrected chi connectivity index (χ4v) is 4.86. The number of pyridine rings is 1. The fourth-order valence-electron chi connectivity index (χ4n) is 4.86. The molecule has 2 aliphatic rings. The molecule has 150 valence electrons. The molecule has 0 bridgehead atoms. The molecule has 6 heteroatoms. The lowest BCUT2D eigenvalue weighted by Gasteiger charge is -2.51. The average Bonchev–Trinajstić information content (AvgIpc) is 3.13. The van der Waals surface area contributed by atoms with E-state index in [1.807, 2.05) is 31.7 Å². The van der Waals surface area contributed by atoms with Gasteiger partial charge in [-0.2, -0.15) is 5.10 Å². The van der Waals surface area contributed by atoms with Crippen LogP contribution in [0.3, 0.4) is 0 Å². The molecule has 0 atom stereocenters. The summed E-state index contributed by atoms with van der Waals surface area (Å²) in [6, 6.07) is 8.23. The third-order valence-corrected chi connectivity index (χ3v) is 6.79. The lowest BCUT2D eigenvalue weighted by atomic mass is 9.57. The van der Waals surface area contributed by atoms with Gasteiger partial charge in [-0.3, -0.25) is 9.48 Å². The number of hydrogen-bond donors (Lipinski definition) is 1. The number of rotatable bonds is 3. The van der Waals surface area contributed by atoms with Crippen molar-refractivity contribution in [2.24, 2.45) is 18.4 Å². The van der Waals surface area contributed by atoms with Crippen LogP contribution in [-0.2, 0) is 11.8 Å². The Kier molecular flexibility index (Phi) is 4.39. The Morgan fingerprint density at radius 2 is 1.86 bits per heavy atom. The van der Waals surface area contributed by atoms with Gasteiger partial charge in [0, 0.05) is 36.3 Å². The summed E-state index contributed by atoms with van der Waals surface area (Å²) in [5, 5.41) is 9.43. The van der Waals surface area contributed by atoms with Crippen LogP contribution in [0.25, 0.3) is 21.9 Å². The van der Waals surface area contributed by atoms with E-state index in [0.717, 1.165) is 47.8 Å². The van der Waals surface area contributed by atoms with Crippen molar-refractivity contribution in [1.29, 1.82) is 0 Å². The minimum Gasteiger partial charge on any atom is -0.310 e. The Morgan fingerprint density at radius 1 is 1.07 bits per heavy atom. The van der Waals surface area contributed by atoms with Crippen molar-refractivity contribution in [3.63, 3.8) is 0 Å². The Balaban J connectivity index is 1.28. The second kappa shape index (κ2) is 6.95. The van der Waals surface area contributed by atoms with Crippen LogP contribution in [0.2, 0.25) is 0 Å². The van der Waals surface area contributed by atoms with Crippen molar-refractivity contribution < 1.29 is 4.79 Å². The molecule has 0 radical (unpaired) electrons. The molecule has 1 amide bonds. The first-order chi connectivity index (χ1) is 14.0. The number of piperidine rings is 1. The first-order valence-electron chi connectivity index (χ1n) is 10.4. The van der Waals surface area contributed by atoms with Gasteiger partial charge in [-0.15, -0.1) is 0 Å². The number of carbonyl (C=O) groups is 1. The summed E-state index contributed by atoms with van der Waals surface area (Å²) in [6.07, 6.45) is 10.2. The van der Waals surface area contributed by atoms with Crippen molar-refractivity contribution in [1.82, 2.24) is 19.7 Å². The summed E-state index contributed by atoms with van der Waals surface area (Å²) < 4.78 is 1.80. The van der Waals surface area contributed by atoms with Crippen LogP contribution in [0.15, 0.2) is 42.9 Å². The molecule has 1 saturated heterocycles. The lowest BCUT2D eigenvalue weighted by molar-refractivity contribution is -0.129. The van der Waals surface area contributed by atoms with Gasteiger partial charge in [0.15, 0.2) is 0 Å². The van der Waals surface area contributed by atoms with Gasteiger partial charge in [-0.05, 0) is 74.3 Å². The monoisotopic (exact) mass is 389 g/mol. The minimum atomic E-state index is 0.116. The lowest BCUT2D eigenvalue weighted by Crippen LogP contribution is -2.49. The summed E-state index contributed by atoms with van der Waals surface area (Å²) in [4.78, 5) is 19.6. The molecule has 0 unspecified atom stereocenters. The van der Waals surface area contributed by atoms with E-state index < -0.39 is 0 Å². The molecule has 2 aromatic heterocycles. The predicted octanol–water partition coefficient (Wildman–Crippen LogP) is 3.70. The summed E-state index contributed by atoms with van der Waals surface area (Å²) in [7, 11) is 4.10. The molecule has 6 nitrogen and oxygen atoms in total. The molecule has 2 fully saturated rings. The Hall–Kier alpha value is -2.73. The number of hydrogen-bond acceptors (Lipinski definition) is 4. The summed E-state index contributed by atoms with van der Waals surface area (Å²) >= 11 is 0. The van der Waals surface area contributed by atoms with Crippen molar-refractivity contribution in [3.8, 4) is 11.1 Å². The number of nitrogens with one attached hydrogen (secondary N) is 1. The highest BCUT2D eigenvalue weighted by molar-refractivity contribution is 5.95. The first-order valence-corrected chi connectivity index (χ1v) is 10.4. The summed E-state index contributed by atoms with van der Waals surface area (Å²) in [5.41, 5.74) is 2.59. The minimum absolute atomic E-state index is 0.116. The van der Waals surface area contributed by atoms with E-state index in [2.05, 4.69) is 45.5 Å². The first kappa shape index (κ1) is 18.3. The van der Waals surface area contributed by atoms with E-state index in [1.165, 1.54) is 12.8 Å². The summed E-state index contributed by atoms with van der Waals surface area (Å²) in [6.45, 7) is 2.31.